The molecule has 8 heteroatoms. The molecule has 0 spiro atoms. The van der Waals surface area contributed by atoms with Gasteiger partial charge < -0.3 is 10.5 Å². The van der Waals surface area contributed by atoms with Crippen molar-refractivity contribution in [3.63, 3.8) is 0 Å². The number of nitrogens with two attached hydrogens (primary N) is 1. The molecular weight excluding hydrogens is 467 g/mol. The summed E-state index contributed by atoms with van der Waals surface area (Å²) >= 11 is 5.70. The fourth-order valence-electron chi connectivity index (χ4n) is 2.12. The Hall–Kier alpha value is -1.00. The van der Waals surface area contributed by atoms with Crippen LogP contribution in [0.1, 0.15) is 0 Å². The van der Waals surface area contributed by atoms with Crippen LogP contribution in [0.4, 0.5) is 5.69 Å². The van der Waals surface area contributed by atoms with Crippen molar-refractivity contribution in [1.29, 1.82) is 0 Å². The summed E-state index contributed by atoms with van der Waals surface area (Å²) < 4.78 is 8.05. The van der Waals surface area contributed by atoms with Crippen molar-refractivity contribution >= 4 is 63.0 Å². The van der Waals surface area contributed by atoms with Gasteiger partial charge >= 0.3 is 0 Å². The molecule has 0 atom stereocenters. The molecule has 0 aromatic carbocycles. The molecule has 3 aromatic rings. The van der Waals surface area contributed by atoms with Gasteiger partial charge in [-0.05, 0) is 28.1 Å². The minimum absolute atomic E-state index is 0.435. The first-order chi connectivity index (χ1) is 10.1. The standard InChI is InChI=1S/C13H10BrIN4OS/c1-20-13-11(16)2-7(4-18-13)10-6-19(21-15)12-9(10)3-8(14)5-17-12/h2-6H,16H2,1H3. The zero-order valence-electron chi connectivity index (χ0n) is 10.9. The second-order valence-corrected chi connectivity index (χ2v) is 6.91. The molecule has 0 fully saturated rings. The Morgan fingerprint density at radius 1 is 1.33 bits per heavy atom. The Morgan fingerprint density at radius 2 is 2.14 bits per heavy atom. The largest absolute Gasteiger partial charge is 0.480 e. The van der Waals surface area contributed by atoms with E-state index < -0.39 is 0 Å². The number of nitrogen functional groups attached to an aromatic ring is 1. The maximum atomic E-state index is 5.96. The zero-order chi connectivity index (χ0) is 15.0. The molecule has 0 aliphatic rings. The minimum Gasteiger partial charge on any atom is -0.480 e. The molecule has 3 heterocycles. The molecule has 0 saturated heterocycles. The first kappa shape index (κ1) is 14.9. The number of anilines is 1. The van der Waals surface area contributed by atoms with Crippen molar-refractivity contribution in [2.24, 2.45) is 0 Å². The van der Waals surface area contributed by atoms with Crippen LogP contribution in [0.15, 0.2) is 35.2 Å². The number of ether oxygens (including phenoxy) is 1. The Bertz CT molecular complexity index is 823. The van der Waals surface area contributed by atoms with Crippen LogP contribution in [0.3, 0.4) is 0 Å². The average molecular weight is 477 g/mol. The normalized spacial score (nSPS) is 11.0. The maximum Gasteiger partial charge on any atom is 0.236 e. The van der Waals surface area contributed by atoms with Gasteiger partial charge in [-0.2, -0.15) is 0 Å². The average Bonchev–Trinajstić information content (AvgIpc) is 2.85. The number of pyridine rings is 2. The van der Waals surface area contributed by atoms with E-state index in [0.29, 0.717) is 11.6 Å². The van der Waals surface area contributed by atoms with Crippen LogP contribution in [0.25, 0.3) is 22.2 Å². The summed E-state index contributed by atoms with van der Waals surface area (Å²) in [4.78, 5) is 8.71. The molecule has 3 aromatic heterocycles. The van der Waals surface area contributed by atoms with Crippen LogP contribution in [0.5, 0.6) is 5.88 Å². The summed E-state index contributed by atoms with van der Waals surface area (Å²) in [5.74, 6) is 0.435. The highest BCUT2D eigenvalue weighted by Gasteiger charge is 2.14. The predicted molar refractivity (Wildman–Crippen MR) is 98.6 cm³/mol. The molecule has 0 radical (unpaired) electrons. The maximum absolute atomic E-state index is 5.96. The van der Waals surface area contributed by atoms with Crippen molar-refractivity contribution in [2.45, 2.75) is 0 Å². The van der Waals surface area contributed by atoms with Gasteiger partial charge in [-0.15, -0.1) is 0 Å². The molecule has 108 valence electrons. The van der Waals surface area contributed by atoms with E-state index >= 15 is 0 Å². The van der Waals surface area contributed by atoms with E-state index in [1.165, 1.54) is 0 Å². The molecule has 3 rings (SSSR count). The third-order valence-electron chi connectivity index (χ3n) is 3.04. The van der Waals surface area contributed by atoms with E-state index in [1.54, 1.807) is 28.6 Å². The molecule has 0 unspecified atom stereocenters. The second-order valence-electron chi connectivity index (χ2n) is 4.28. The number of rotatable bonds is 3. The molecule has 0 saturated carbocycles. The second kappa shape index (κ2) is 6.01. The molecule has 0 bridgehead atoms. The summed E-state index contributed by atoms with van der Waals surface area (Å²) in [6.45, 7) is 0. The van der Waals surface area contributed by atoms with Crippen molar-refractivity contribution in [3.8, 4) is 17.0 Å². The van der Waals surface area contributed by atoms with E-state index in [2.05, 4.69) is 47.1 Å². The predicted octanol–water partition coefficient (Wildman–Crippen LogP) is 4.30. The van der Waals surface area contributed by atoms with E-state index in [1.807, 2.05) is 22.3 Å². The third-order valence-corrected chi connectivity index (χ3v) is 5.17. The first-order valence-corrected chi connectivity index (χ1v) is 10.0. The van der Waals surface area contributed by atoms with Crippen LogP contribution in [0.2, 0.25) is 0 Å². The lowest BCUT2D eigenvalue weighted by Gasteiger charge is -2.05. The van der Waals surface area contributed by atoms with Crippen molar-refractivity contribution in [3.05, 3.63) is 35.2 Å². The fourth-order valence-corrected chi connectivity index (χ4v) is 3.71. The number of nitrogens with zero attached hydrogens (tertiary/aromatic N) is 3. The molecule has 5 nitrogen and oxygen atoms in total. The highest BCUT2D eigenvalue weighted by molar-refractivity contribution is 14.2. The molecule has 21 heavy (non-hydrogen) atoms. The highest BCUT2D eigenvalue weighted by Crippen LogP contribution is 2.36. The van der Waals surface area contributed by atoms with Gasteiger partial charge in [0.15, 0.2) is 5.65 Å². The lowest BCUT2D eigenvalue weighted by atomic mass is 10.1. The SMILES string of the molecule is COc1ncc(-c2cn(SI)c3ncc(Br)cc23)cc1N. The lowest BCUT2D eigenvalue weighted by Crippen LogP contribution is -1.95. The minimum atomic E-state index is 0.435. The zero-order valence-corrected chi connectivity index (χ0v) is 15.4. The number of fused-ring (bicyclic) bond motifs is 1. The van der Waals surface area contributed by atoms with E-state index in [9.17, 15) is 0 Å². The van der Waals surface area contributed by atoms with Crippen LogP contribution in [-0.2, 0) is 0 Å². The number of methoxy groups -OCH3 is 1. The molecular formula is C13H10BrIN4OS. The smallest absolute Gasteiger partial charge is 0.236 e. The Kier molecular flexibility index (Phi) is 4.27. The molecule has 2 N–H and O–H groups in total. The topological polar surface area (TPSA) is 66.0 Å². The van der Waals surface area contributed by atoms with Gasteiger partial charge in [0, 0.05) is 69.9 Å². The highest BCUT2D eigenvalue weighted by atomic mass is 127. The fraction of sp³-hybridized carbons (Fsp3) is 0.0769. The van der Waals surface area contributed by atoms with Crippen molar-refractivity contribution in [1.82, 2.24) is 13.9 Å². The van der Waals surface area contributed by atoms with E-state index in [-0.39, 0.29) is 0 Å². The number of halogens is 2. The van der Waals surface area contributed by atoms with E-state index in [4.69, 9.17) is 10.5 Å². The van der Waals surface area contributed by atoms with Crippen LogP contribution >= 0.6 is 46.3 Å². The number of hydrogen-bond acceptors (Lipinski definition) is 5. The van der Waals surface area contributed by atoms with E-state index in [0.717, 1.165) is 26.6 Å². The summed E-state index contributed by atoms with van der Waals surface area (Å²) in [6, 6.07) is 3.91. The van der Waals surface area contributed by atoms with Crippen LogP contribution in [-0.4, -0.2) is 21.1 Å². The van der Waals surface area contributed by atoms with Crippen molar-refractivity contribution in [2.75, 3.05) is 12.8 Å². The monoisotopic (exact) mass is 476 g/mol. The molecule has 0 aliphatic carbocycles. The summed E-state index contributed by atoms with van der Waals surface area (Å²) in [5, 5.41) is 1.04. The quantitative estimate of drug-likeness (QED) is 0.571. The summed E-state index contributed by atoms with van der Waals surface area (Å²) in [6.07, 6.45) is 5.58. The van der Waals surface area contributed by atoms with Crippen molar-refractivity contribution < 1.29 is 4.74 Å². The Morgan fingerprint density at radius 3 is 2.81 bits per heavy atom. The van der Waals surface area contributed by atoms with Gasteiger partial charge in [0.25, 0.3) is 0 Å². The lowest BCUT2D eigenvalue weighted by molar-refractivity contribution is 0.400. The van der Waals surface area contributed by atoms with Gasteiger partial charge in [0.2, 0.25) is 5.88 Å². The van der Waals surface area contributed by atoms with Gasteiger partial charge in [-0.25, -0.2) is 9.97 Å². The molecule has 0 aliphatic heterocycles. The van der Waals surface area contributed by atoms with Gasteiger partial charge in [0.1, 0.15) is 0 Å². The summed E-state index contributed by atoms with van der Waals surface area (Å²) in [5.41, 5.74) is 9.34. The Labute approximate surface area is 146 Å². The summed E-state index contributed by atoms with van der Waals surface area (Å²) in [7, 11) is 3.12. The number of aromatic nitrogens is 3. The van der Waals surface area contributed by atoms with Gasteiger partial charge in [-0.1, -0.05) is 0 Å². The van der Waals surface area contributed by atoms with Crippen LogP contribution < -0.4 is 10.5 Å². The molecule has 0 amide bonds. The first-order valence-electron chi connectivity index (χ1n) is 5.89. The third kappa shape index (κ3) is 2.71. The van der Waals surface area contributed by atoms with Gasteiger partial charge in [-0.3, -0.25) is 3.97 Å². The van der Waals surface area contributed by atoms with Crippen LogP contribution in [0, 0.1) is 0 Å². The number of hydrogen-bond donors (Lipinski definition) is 1. The van der Waals surface area contributed by atoms with Gasteiger partial charge in [0.05, 0.1) is 12.8 Å². The Balaban J connectivity index is 2.24.